The quantitative estimate of drug-likeness (QED) is 0.623. The van der Waals surface area contributed by atoms with Crippen molar-refractivity contribution in [3.05, 3.63) is 27.5 Å². The van der Waals surface area contributed by atoms with Crippen LogP contribution in [0.3, 0.4) is 0 Å². The molecule has 0 saturated heterocycles. The second kappa shape index (κ2) is 7.72. The van der Waals surface area contributed by atoms with Gasteiger partial charge in [-0.1, -0.05) is 29.8 Å². The van der Waals surface area contributed by atoms with E-state index in [9.17, 15) is 9.18 Å². The topological polar surface area (TPSA) is 74.4 Å². The normalized spacial score (nSPS) is 11.9. The van der Waals surface area contributed by atoms with Gasteiger partial charge >= 0.3 is 5.97 Å². The third-order valence-electron chi connectivity index (χ3n) is 2.39. The Bertz CT molecular complexity index is 572. The Morgan fingerprint density at radius 3 is 2.71 bits per heavy atom. The lowest BCUT2D eigenvalue weighted by atomic mass is 10.3. The van der Waals surface area contributed by atoms with Crippen LogP contribution in [0, 0.1) is 5.95 Å². The number of aromatic nitrogens is 1. The van der Waals surface area contributed by atoms with Crippen molar-refractivity contribution in [1.82, 2.24) is 4.98 Å². The summed E-state index contributed by atoms with van der Waals surface area (Å²) < 4.78 is 23.3. The van der Waals surface area contributed by atoms with E-state index in [2.05, 4.69) is 16.3 Å². The molecule has 0 aromatic carbocycles. The minimum Gasteiger partial charge on any atom is -0.468 e. The largest absolute Gasteiger partial charge is 0.468 e. The number of nitrogens with zero attached hydrogens (tertiary/aromatic N) is 1. The van der Waals surface area contributed by atoms with Crippen molar-refractivity contribution in [2.75, 3.05) is 18.6 Å². The van der Waals surface area contributed by atoms with Crippen LogP contribution in [0.25, 0.3) is 0 Å². The standard InChI is InChI=1S/C12H13Cl2FN2O3S/c1-5(6(2)21-4-7(18)19-3)20-12-9(14)10(16)8(13)11(15)17-12/h5H,2,4H2,1,3H3,(H2,16,17)/t5-/m1/s1. The van der Waals surface area contributed by atoms with Crippen LogP contribution in [-0.2, 0) is 9.53 Å². The SMILES string of the molecule is C=C(SCC(=O)OC)[C@@H](C)Oc1nc(F)c(Cl)c(N)c1Cl. The predicted molar refractivity (Wildman–Crippen MR) is 82.3 cm³/mol. The molecule has 0 bridgehead atoms. The molecule has 0 amide bonds. The second-order valence-corrected chi connectivity index (χ2v) is 5.70. The van der Waals surface area contributed by atoms with E-state index in [1.165, 1.54) is 7.11 Å². The highest BCUT2D eigenvalue weighted by Gasteiger charge is 2.19. The van der Waals surface area contributed by atoms with Gasteiger partial charge in [0.2, 0.25) is 11.8 Å². The smallest absolute Gasteiger partial charge is 0.315 e. The maximum Gasteiger partial charge on any atom is 0.315 e. The maximum absolute atomic E-state index is 13.4. The van der Waals surface area contributed by atoms with Crippen LogP contribution >= 0.6 is 35.0 Å². The molecule has 5 nitrogen and oxygen atoms in total. The molecule has 1 heterocycles. The molecule has 116 valence electrons. The van der Waals surface area contributed by atoms with Gasteiger partial charge in [-0.2, -0.15) is 9.37 Å². The zero-order valence-corrected chi connectivity index (χ0v) is 13.6. The highest BCUT2D eigenvalue weighted by molar-refractivity contribution is 8.03. The molecule has 21 heavy (non-hydrogen) atoms. The second-order valence-electron chi connectivity index (χ2n) is 3.84. The van der Waals surface area contributed by atoms with E-state index in [0.717, 1.165) is 11.8 Å². The van der Waals surface area contributed by atoms with Crippen LogP contribution in [0.2, 0.25) is 10.0 Å². The molecule has 0 fully saturated rings. The summed E-state index contributed by atoms with van der Waals surface area (Å²) in [5, 5.41) is -0.446. The van der Waals surface area contributed by atoms with Gasteiger partial charge in [-0.15, -0.1) is 11.8 Å². The van der Waals surface area contributed by atoms with Gasteiger partial charge < -0.3 is 15.2 Å². The van der Waals surface area contributed by atoms with Gasteiger partial charge in [0.25, 0.3) is 0 Å². The van der Waals surface area contributed by atoms with Crippen LogP contribution in [0.5, 0.6) is 5.88 Å². The van der Waals surface area contributed by atoms with Gasteiger partial charge in [-0.25, -0.2) is 0 Å². The molecule has 0 unspecified atom stereocenters. The Morgan fingerprint density at radius 1 is 1.52 bits per heavy atom. The van der Waals surface area contributed by atoms with E-state index in [1.54, 1.807) is 6.92 Å². The Balaban J connectivity index is 2.77. The maximum atomic E-state index is 13.4. The van der Waals surface area contributed by atoms with Gasteiger partial charge in [0.1, 0.15) is 16.1 Å². The average molecular weight is 355 g/mol. The molecule has 0 aliphatic rings. The van der Waals surface area contributed by atoms with E-state index in [-0.39, 0.29) is 27.4 Å². The molecule has 0 spiro atoms. The Morgan fingerprint density at radius 2 is 2.14 bits per heavy atom. The Labute approximate surface area is 135 Å². The lowest BCUT2D eigenvalue weighted by Crippen LogP contribution is -2.16. The molecule has 9 heteroatoms. The minimum absolute atomic E-state index is 0.0842. The lowest BCUT2D eigenvalue weighted by Gasteiger charge is -2.17. The van der Waals surface area contributed by atoms with E-state index < -0.39 is 18.0 Å². The van der Waals surface area contributed by atoms with Gasteiger partial charge in [0.05, 0.1) is 18.6 Å². The van der Waals surface area contributed by atoms with E-state index in [4.69, 9.17) is 33.7 Å². The number of nitrogen functional groups attached to an aromatic ring is 1. The van der Waals surface area contributed by atoms with Crippen LogP contribution in [0.1, 0.15) is 6.92 Å². The van der Waals surface area contributed by atoms with Crippen molar-refractivity contribution in [3.8, 4) is 5.88 Å². The molecule has 2 N–H and O–H groups in total. The number of esters is 1. The van der Waals surface area contributed by atoms with E-state index in [1.807, 2.05) is 0 Å². The number of rotatable bonds is 6. The highest BCUT2D eigenvalue weighted by atomic mass is 35.5. The van der Waals surface area contributed by atoms with Crippen LogP contribution in [-0.4, -0.2) is 29.9 Å². The summed E-state index contributed by atoms with van der Waals surface area (Å²) in [6.45, 7) is 5.40. The number of methoxy groups -OCH3 is 1. The van der Waals surface area contributed by atoms with Crippen LogP contribution in [0.4, 0.5) is 10.1 Å². The van der Waals surface area contributed by atoms with Gasteiger partial charge in [-0.05, 0) is 6.92 Å². The van der Waals surface area contributed by atoms with Crippen molar-refractivity contribution in [2.24, 2.45) is 0 Å². The Hall–Kier alpha value is -1.18. The molecule has 1 atom stereocenters. The number of ether oxygens (including phenoxy) is 2. The number of nitrogens with two attached hydrogens (primary N) is 1. The molecule has 1 rings (SSSR count). The molecule has 0 saturated carbocycles. The van der Waals surface area contributed by atoms with E-state index >= 15 is 0 Å². The number of hydrogen-bond acceptors (Lipinski definition) is 6. The van der Waals surface area contributed by atoms with Crippen LogP contribution in [0.15, 0.2) is 11.5 Å². The first-order valence-electron chi connectivity index (χ1n) is 5.63. The number of pyridine rings is 1. The summed E-state index contributed by atoms with van der Waals surface area (Å²) in [6.07, 6.45) is -0.579. The monoisotopic (exact) mass is 354 g/mol. The van der Waals surface area contributed by atoms with Crippen molar-refractivity contribution < 1.29 is 18.7 Å². The molecule has 0 aliphatic heterocycles. The van der Waals surface area contributed by atoms with Gasteiger partial charge in [0, 0.05) is 4.91 Å². The molecular weight excluding hydrogens is 342 g/mol. The number of carbonyl (C=O) groups is 1. The minimum atomic E-state index is -0.978. The van der Waals surface area contributed by atoms with Crippen molar-refractivity contribution in [1.29, 1.82) is 0 Å². The first-order chi connectivity index (χ1) is 9.77. The van der Waals surface area contributed by atoms with Crippen molar-refractivity contribution in [2.45, 2.75) is 13.0 Å². The number of hydrogen-bond donors (Lipinski definition) is 1. The fraction of sp³-hybridized carbons (Fsp3) is 0.333. The summed E-state index contributed by atoms with van der Waals surface area (Å²) in [6, 6.07) is 0. The third kappa shape index (κ3) is 4.66. The van der Waals surface area contributed by atoms with Crippen LogP contribution < -0.4 is 10.5 Å². The molecule has 1 aromatic rings. The highest BCUT2D eigenvalue weighted by Crippen LogP contribution is 2.36. The summed E-state index contributed by atoms with van der Waals surface area (Å²) >= 11 is 12.6. The van der Waals surface area contributed by atoms with Gasteiger partial charge in [-0.3, -0.25) is 4.79 Å². The van der Waals surface area contributed by atoms with E-state index in [0.29, 0.717) is 4.91 Å². The summed E-state index contributed by atoms with van der Waals surface area (Å²) in [5.41, 5.74) is 5.39. The number of anilines is 1. The number of halogens is 3. The molecule has 1 aromatic heterocycles. The number of carbonyl (C=O) groups excluding carboxylic acids is 1. The average Bonchev–Trinajstić information content (AvgIpc) is 2.47. The molecule has 0 radical (unpaired) electrons. The number of thioether (sulfide) groups is 1. The Kier molecular flexibility index (Phi) is 6.57. The van der Waals surface area contributed by atoms with Crippen molar-refractivity contribution in [3.63, 3.8) is 0 Å². The zero-order chi connectivity index (χ0) is 16.2. The van der Waals surface area contributed by atoms with Gasteiger partial charge in [0.15, 0.2) is 0 Å². The van der Waals surface area contributed by atoms with Crippen molar-refractivity contribution >= 4 is 46.6 Å². The summed E-state index contributed by atoms with van der Waals surface area (Å²) in [4.78, 5) is 15.1. The predicted octanol–water partition coefficient (Wildman–Crippen LogP) is 3.30. The fourth-order valence-electron chi connectivity index (χ4n) is 1.15. The fourth-order valence-corrected chi connectivity index (χ4v) is 2.22. The third-order valence-corrected chi connectivity index (χ3v) is 4.19. The molecular formula is C12H13Cl2FN2O3S. The zero-order valence-electron chi connectivity index (χ0n) is 11.3. The first kappa shape index (κ1) is 17.9. The lowest BCUT2D eigenvalue weighted by molar-refractivity contribution is -0.137. The summed E-state index contributed by atoms with van der Waals surface area (Å²) in [5.74, 6) is -1.48. The molecule has 0 aliphatic carbocycles. The summed E-state index contributed by atoms with van der Waals surface area (Å²) in [7, 11) is 1.29. The first-order valence-corrected chi connectivity index (χ1v) is 7.37.